The third-order valence-corrected chi connectivity index (χ3v) is 6.96. The summed E-state index contributed by atoms with van der Waals surface area (Å²) in [4.78, 5) is 23.9. The van der Waals surface area contributed by atoms with E-state index in [4.69, 9.17) is 16.3 Å². The van der Waals surface area contributed by atoms with Crippen LogP contribution in [0.25, 0.3) is 0 Å². The molecule has 0 unspecified atom stereocenters. The van der Waals surface area contributed by atoms with E-state index >= 15 is 0 Å². The zero-order valence-electron chi connectivity index (χ0n) is 16.5. The van der Waals surface area contributed by atoms with Gasteiger partial charge >= 0.3 is 12.4 Å². The van der Waals surface area contributed by atoms with E-state index < -0.39 is 38.3 Å². The van der Waals surface area contributed by atoms with Gasteiger partial charge in [-0.15, -0.1) is 24.5 Å². The van der Waals surface area contributed by atoms with Crippen LogP contribution in [0.2, 0.25) is 5.02 Å². The SMILES string of the molecule is CNC(=O)NS(=O)(=O)c1sc(CCNC(=O)c2cc(Cl)ccc2OC)cc1OC(F)(F)F. The second-order valence-electron chi connectivity index (χ2n) is 5.95. The first-order chi connectivity index (χ1) is 14.9. The molecule has 0 saturated carbocycles. The monoisotopic (exact) mass is 515 g/mol. The van der Waals surface area contributed by atoms with Crippen molar-refractivity contribution < 1.29 is 40.7 Å². The van der Waals surface area contributed by atoms with Crippen molar-refractivity contribution in [2.45, 2.75) is 17.0 Å². The van der Waals surface area contributed by atoms with Gasteiger partial charge in [0, 0.05) is 23.5 Å². The summed E-state index contributed by atoms with van der Waals surface area (Å²) in [6, 6.07) is 4.14. The fraction of sp³-hybridized carbons (Fsp3) is 0.294. The molecule has 3 N–H and O–H groups in total. The Bertz CT molecular complexity index is 1110. The first-order valence-electron chi connectivity index (χ1n) is 8.61. The topological polar surface area (TPSA) is 123 Å². The van der Waals surface area contributed by atoms with E-state index in [1.54, 1.807) is 4.72 Å². The minimum atomic E-state index is -5.16. The normalized spacial score (nSPS) is 11.6. The highest BCUT2D eigenvalue weighted by molar-refractivity contribution is 7.92. The molecule has 0 fully saturated rings. The summed E-state index contributed by atoms with van der Waals surface area (Å²) in [6.45, 7) is -0.0527. The van der Waals surface area contributed by atoms with Crippen LogP contribution in [0.3, 0.4) is 0 Å². The quantitative estimate of drug-likeness (QED) is 0.497. The predicted molar refractivity (Wildman–Crippen MR) is 110 cm³/mol. The van der Waals surface area contributed by atoms with Gasteiger partial charge in [0.15, 0.2) is 9.96 Å². The number of halogens is 4. The van der Waals surface area contributed by atoms with Gasteiger partial charge in [0.2, 0.25) is 0 Å². The fourth-order valence-corrected chi connectivity index (χ4v) is 5.05. The fourth-order valence-electron chi connectivity index (χ4n) is 2.38. The molecule has 2 rings (SSSR count). The van der Waals surface area contributed by atoms with Crippen molar-refractivity contribution in [2.75, 3.05) is 20.7 Å². The third-order valence-electron chi connectivity index (χ3n) is 3.70. The van der Waals surface area contributed by atoms with E-state index in [0.717, 1.165) is 13.1 Å². The highest BCUT2D eigenvalue weighted by atomic mass is 35.5. The molecule has 0 bridgehead atoms. The number of nitrogens with one attached hydrogen (secondary N) is 3. The molecule has 9 nitrogen and oxygen atoms in total. The summed E-state index contributed by atoms with van der Waals surface area (Å²) in [6.07, 6.45) is -5.18. The standard InChI is InChI=1S/C17H17ClF3N3O6S2/c1-22-16(26)24-32(27,28)15-13(30-17(19,20)21)8-10(31-15)5-6-23-14(25)11-7-9(18)3-4-12(11)29-2/h3-4,7-8H,5-6H2,1-2H3,(H,23,25)(H2,22,24,26). The van der Waals surface area contributed by atoms with E-state index in [-0.39, 0.29) is 29.2 Å². The molecule has 0 aliphatic heterocycles. The highest BCUT2D eigenvalue weighted by Gasteiger charge is 2.36. The third kappa shape index (κ3) is 6.90. The maximum atomic E-state index is 12.7. The summed E-state index contributed by atoms with van der Waals surface area (Å²) < 4.78 is 72.3. The lowest BCUT2D eigenvalue weighted by atomic mass is 10.2. The van der Waals surface area contributed by atoms with Crippen molar-refractivity contribution in [1.29, 1.82) is 0 Å². The number of hydrogen-bond acceptors (Lipinski definition) is 7. The zero-order chi connectivity index (χ0) is 24.1. The molecule has 0 spiro atoms. The van der Waals surface area contributed by atoms with E-state index in [9.17, 15) is 31.2 Å². The highest BCUT2D eigenvalue weighted by Crippen LogP contribution is 2.37. The lowest BCUT2D eigenvalue weighted by Crippen LogP contribution is -2.37. The Morgan fingerprint density at radius 1 is 1.19 bits per heavy atom. The van der Waals surface area contributed by atoms with E-state index in [2.05, 4.69) is 10.1 Å². The minimum absolute atomic E-state index is 0.0248. The molecule has 3 amide bonds. The molecule has 1 heterocycles. The van der Waals surface area contributed by atoms with Gasteiger partial charge in [0.25, 0.3) is 15.9 Å². The molecule has 1 aromatic heterocycles. The second-order valence-corrected chi connectivity index (χ2v) is 9.40. The van der Waals surface area contributed by atoms with E-state index in [0.29, 0.717) is 16.4 Å². The number of urea groups is 1. The number of hydrogen-bond donors (Lipinski definition) is 3. The van der Waals surface area contributed by atoms with Crippen LogP contribution in [-0.4, -0.2) is 47.4 Å². The Balaban J connectivity index is 2.19. The maximum Gasteiger partial charge on any atom is 0.573 e. The van der Waals surface area contributed by atoms with Gasteiger partial charge in [0.05, 0.1) is 12.7 Å². The first-order valence-corrected chi connectivity index (χ1v) is 11.3. The number of thiophene rings is 1. The average molecular weight is 516 g/mol. The molecule has 176 valence electrons. The van der Waals surface area contributed by atoms with Crippen LogP contribution in [0, 0.1) is 0 Å². The van der Waals surface area contributed by atoms with Crippen molar-refractivity contribution in [3.8, 4) is 11.5 Å². The van der Waals surface area contributed by atoms with Gasteiger partial charge in [0.1, 0.15) is 5.75 Å². The molecule has 15 heteroatoms. The Hall–Kier alpha value is -2.71. The van der Waals surface area contributed by atoms with Crippen molar-refractivity contribution in [3.05, 3.63) is 39.7 Å². The number of carbonyl (C=O) groups is 2. The molecule has 0 atom stereocenters. The van der Waals surface area contributed by atoms with Crippen molar-refractivity contribution in [3.63, 3.8) is 0 Å². The van der Waals surface area contributed by atoms with Gasteiger partial charge in [-0.25, -0.2) is 17.9 Å². The second kappa shape index (κ2) is 10.3. The smallest absolute Gasteiger partial charge is 0.496 e. The molecule has 0 saturated heterocycles. The molecule has 1 aromatic carbocycles. The van der Waals surface area contributed by atoms with Gasteiger partial charge in [-0.05, 0) is 30.7 Å². The summed E-state index contributed by atoms with van der Waals surface area (Å²) in [5, 5.41) is 4.82. The Morgan fingerprint density at radius 2 is 1.88 bits per heavy atom. The summed E-state index contributed by atoms with van der Waals surface area (Å²) >= 11 is 6.34. The van der Waals surface area contributed by atoms with Gasteiger partial charge in [-0.3, -0.25) is 4.79 Å². The molecule has 0 aliphatic rings. The Morgan fingerprint density at radius 3 is 2.47 bits per heavy atom. The van der Waals surface area contributed by atoms with Gasteiger partial charge in [-0.1, -0.05) is 11.6 Å². The van der Waals surface area contributed by atoms with Crippen LogP contribution in [0.1, 0.15) is 15.2 Å². The lowest BCUT2D eigenvalue weighted by Gasteiger charge is -2.10. The number of rotatable bonds is 8. The van der Waals surface area contributed by atoms with E-state index in [1.165, 1.54) is 25.3 Å². The van der Waals surface area contributed by atoms with Gasteiger partial charge in [-0.2, -0.15) is 0 Å². The number of methoxy groups -OCH3 is 1. The number of sulfonamides is 1. The average Bonchev–Trinajstić information content (AvgIpc) is 3.09. The zero-order valence-corrected chi connectivity index (χ0v) is 18.9. The lowest BCUT2D eigenvalue weighted by molar-refractivity contribution is -0.275. The van der Waals surface area contributed by atoms with Crippen molar-refractivity contribution in [2.24, 2.45) is 0 Å². The van der Waals surface area contributed by atoms with Crippen LogP contribution >= 0.6 is 22.9 Å². The number of benzene rings is 1. The first kappa shape index (κ1) is 25.5. The number of amides is 3. The number of ether oxygens (including phenoxy) is 2. The molecule has 0 aliphatic carbocycles. The number of alkyl halides is 3. The largest absolute Gasteiger partial charge is 0.573 e. The predicted octanol–water partition coefficient (Wildman–Crippen LogP) is 2.90. The number of carbonyl (C=O) groups excluding carboxylic acids is 2. The molecule has 2 aromatic rings. The van der Waals surface area contributed by atoms with Crippen LogP contribution in [-0.2, 0) is 16.4 Å². The summed E-state index contributed by atoms with van der Waals surface area (Å²) in [7, 11) is -2.14. The summed E-state index contributed by atoms with van der Waals surface area (Å²) in [5.74, 6) is -1.28. The van der Waals surface area contributed by atoms with Crippen LogP contribution in [0.5, 0.6) is 11.5 Å². The maximum absolute atomic E-state index is 12.7. The Labute approximate surface area is 189 Å². The van der Waals surface area contributed by atoms with E-state index in [1.807, 2.05) is 5.32 Å². The molecule has 32 heavy (non-hydrogen) atoms. The minimum Gasteiger partial charge on any atom is -0.496 e. The van der Waals surface area contributed by atoms with Crippen LogP contribution in [0.4, 0.5) is 18.0 Å². The molecular weight excluding hydrogens is 499 g/mol. The summed E-state index contributed by atoms with van der Waals surface area (Å²) in [5.41, 5.74) is 0.144. The Kier molecular flexibility index (Phi) is 8.20. The van der Waals surface area contributed by atoms with Crippen molar-refractivity contribution >= 4 is 44.9 Å². The van der Waals surface area contributed by atoms with Gasteiger partial charge < -0.3 is 20.1 Å². The van der Waals surface area contributed by atoms with Crippen LogP contribution in [0.15, 0.2) is 28.5 Å². The van der Waals surface area contributed by atoms with Crippen molar-refractivity contribution in [1.82, 2.24) is 15.4 Å². The molecular formula is C17H17ClF3N3O6S2. The molecule has 0 radical (unpaired) electrons. The van der Waals surface area contributed by atoms with Crippen LogP contribution < -0.4 is 24.8 Å².